The second-order valence-corrected chi connectivity index (χ2v) is 9.52. The van der Waals surface area contributed by atoms with Crippen LogP contribution in [0.3, 0.4) is 0 Å². The molecule has 0 spiro atoms. The maximum atomic E-state index is 13.4. The monoisotopic (exact) mass is 404 g/mol. The van der Waals surface area contributed by atoms with Crippen LogP contribution in [0.25, 0.3) is 0 Å². The third-order valence-electron chi connectivity index (χ3n) is 5.93. The Bertz CT molecular complexity index is 1010. The van der Waals surface area contributed by atoms with Crippen LogP contribution in [0.1, 0.15) is 35.8 Å². The first-order chi connectivity index (χ1) is 13.4. The van der Waals surface area contributed by atoms with Crippen molar-refractivity contribution in [3.63, 3.8) is 0 Å². The lowest BCUT2D eigenvalue weighted by molar-refractivity contribution is 0.122. The van der Waals surface area contributed by atoms with E-state index in [-0.39, 0.29) is 12.1 Å². The molecule has 2 atom stereocenters. The van der Waals surface area contributed by atoms with Gasteiger partial charge in [-0.2, -0.15) is 9.40 Å². The van der Waals surface area contributed by atoms with Crippen molar-refractivity contribution in [3.8, 4) is 0 Å². The van der Waals surface area contributed by atoms with Crippen molar-refractivity contribution in [1.82, 2.24) is 24.1 Å². The van der Waals surface area contributed by atoms with Gasteiger partial charge in [0.05, 0.1) is 30.6 Å². The molecule has 28 heavy (non-hydrogen) atoms. The van der Waals surface area contributed by atoms with E-state index in [1.807, 2.05) is 6.20 Å². The molecule has 0 aliphatic carbocycles. The Labute approximate surface area is 164 Å². The number of anilines is 1. The molecule has 3 aliphatic heterocycles. The van der Waals surface area contributed by atoms with Crippen molar-refractivity contribution in [2.75, 3.05) is 31.2 Å². The van der Waals surface area contributed by atoms with E-state index < -0.39 is 10.0 Å². The van der Waals surface area contributed by atoms with Crippen LogP contribution in [0.5, 0.6) is 0 Å². The molecule has 10 heteroatoms. The highest BCUT2D eigenvalue weighted by molar-refractivity contribution is 7.89. The van der Waals surface area contributed by atoms with Gasteiger partial charge in [0.1, 0.15) is 4.90 Å². The van der Waals surface area contributed by atoms with Crippen LogP contribution in [0.4, 0.5) is 5.95 Å². The minimum atomic E-state index is -3.61. The molecule has 5 heterocycles. The summed E-state index contributed by atoms with van der Waals surface area (Å²) in [5.41, 5.74) is 2.46. The molecular formula is C18H24N6O3S. The molecule has 0 radical (unpaired) electrons. The Morgan fingerprint density at radius 3 is 2.71 bits per heavy atom. The fourth-order valence-electron chi connectivity index (χ4n) is 4.65. The maximum Gasteiger partial charge on any atom is 0.247 e. The molecule has 2 aromatic heterocycles. The standard InChI is InChI=1S/C18H24N6O3S/c1-12-17(11-22(2)21-12)28(25,26)24-13-3-4-16(24)14-10-19-18(20-15(14)9-13)23-5-7-27-8-6-23/h10-11,13,16H,3-9H2,1-2H3. The minimum absolute atomic E-state index is 0.0606. The SMILES string of the molecule is Cc1nn(C)cc1S(=O)(=O)N1C2CCC1c1cnc(N3CCOCC3)nc1C2. The lowest BCUT2D eigenvalue weighted by Crippen LogP contribution is -2.43. The smallest absolute Gasteiger partial charge is 0.247 e. The molecule has 0 amide bonds. The fourth-order valence-corrected chi connectivity index (χ4v) is 6.70. The summed E-state index contributed by atoms with van der Waals surface area (Å²) in [4.78, 5) is 11.8. The molecule has 2 unspecified atom stereocenters. The lowest BCUT2D eigenvalue weighted by Gasteiger charge is -2.35. The first-order valence-corrected chi connectivity index (χ1v) is 11.1. The highest BCUT2D eigenvalue weighted by Gasteiger charge is 2.48. The average Bonchev–Trinajstić information content (AvgIpc) is 3.21. The third kappa shape index (κ3) is 2.73. The summed E-state index contributed by atoms with van der Waals surface area (Å²) in [6.07, 6.45) is 5.70. The summed E-state index contributed by atoms with van der Waals surface area (Å²) in [6, 6.07) is -0.258. The largest absolute Gasteiger partial charge is 0.378 e. The summed E-state index contributed by atoms with van der Waals surface area (Å²) in [5, 5.41) is 4.22. The number of aromatic nitrogens is 4. The zero-order valence-electron chi connectivity index (χ0n) is 16.1. The van der Waals surface area contributed by atoms with Gasteiger partial charge in [0.15, 0.2) is 0 Å². The van der Waals surface area contributed by atoms with Gasteiger partial charge in [0.2, 0.25) is 16.0 Å². The summed E-state index contributed by atoms with van der Waals surface area (Å²) in [6.45, 7) is 4.67. The zero-order valence-corrected chi connectivity index (χ0v) is 16.9. The Balaban J connectivity index is 1.50. The van der Waals surface area contributed by atoms with Crippen LogP contribution in [-0.4, -0.2) is 64.8 Å². The molecule has 2 aromatic rings. The molecule has 0 saturated carbocycles. The number of nitrogens with zero attached hydrogens (tertiary/aromatic N) is 6. The number of hydrogen-bond acceptors (Lipinski definition) is 7. The summed E-state index contributed by atoms with van der Waals surface area (Å²) in [7, 11) is -1.87. The van der Waals surface area contributed by atoms with Crippen LogP contribution in [0.15, 0.2) is 17.3 Å². The molecule has 3 aliphatic rings. The number of sulfonamides is 1. The first kappa shape index (κ1) is 18.0. The van der Waals surface area contributed by atoms with Crippen LogP contribution >= 0.6 is 0 Å². The van der Waals surface area contributed by atoms with Crippen molar-refractivity contribution in [2.45, 2.75) is 43.2 Å². The van der Waals surface area contributed by atoms with E-state index >= 15 is 0 Å². The highest BCUT2D eigenvalue weighted by Crippen LogP contribution is 2.46. The summed E-state index contributed by atoms with van der Waals surface area (Å²) < 4.78 is 35.5. The number of morpholine rings is 1. The normalized spacial score (nSPS) is 25.1. The Morgan fingerprint density at radius 2 is 2.00 bits per heavy atom. The van der Waals surface area contributed by atoms with E-state index in [2.05, 4.69) is 15.0 Å². The molecule has 2 bridgehead atoms. The van der Waals surface area contributed by atoms with E-state index in [4.69, 9.17) is 9.72 Å². The molecule has 5 rings (SSSR count). The van der Waals surface area contributed by atoms with Crippen molar-refractivity contribution >= 4 is 16.0 Å². The molecule has 150 valence electrons. The molecule has 0 N–H and O–H groups in total. The number of hydrogen-bond donors (Lipinski definition) is 0. The maximum absolute atomic E-state index is 13.4. The highest BCUT2D eigenvalue weighted by atomic mass is 32.2. The molecule has 2 fully saturated rings. The quantitative estimate of drug-likeness (QED) is 0.747. The Hall–Kier alpha value is -2.04. The van der Waals surface area contributed by atoms with E-state index in [0.29, 0.717) is 30.2 Å². The Kier molecular flexibility index (Phi) is 4.18. The molecule has 0 aromatic carbocycles. The van der Waals surface area contributed by atoms with Gasteiger partial charge < -0.3 is 9.64 Å². The topological polar surface area (TPSA) is 93.5 Å². The van der Waals surface area contributed by atoms with Crippen molar-refractivity contribution in [3.05, 3.63) is 29.3 Å². The fraction of sp³-hybridized carbons (Fsp3) is 0.611. The number of aryl methyl sites for hydroxylation is 2. The predicted molar refractivity (Wildman–Crippen MR) is 102 cm³/mol. The van der Waals surface area contributed by atoms with Gasteiger partial charge in [-0.25, -0.2) is 18.4 Å². The van der Waals surface area contributed by atoms with E-state index in [9.17, 15) is 8.42 Å². The average molecular weight is 404 g/mol. The summed E-state index contributed by atoms with van der Waals surface area (Å²) in [5.74, 6) is 0.723. The van der Waals surface area contributed by atoms with Gasteiger partial charge >= 0.3 is 0 Å². The second kappa shape index (κ2) is 6.50. The molecular weight excluding hydrogens is 380 g/mol. The van der Waals surface area contributed by atoms with Gasteiger partial charge in [0.25, 0.3) is 0 Å². The van der Waals surface area contributed by atoms with Gasteiger partial charge in [-0.3, -0.25) is 4.68 Å². The van der Waals surface area contributed by atoms with Gasteiger partial charge in [0, 0.05) is 50.6 Å². The van der Waals surface area contributed by atoms with Crippen LogP contribution in [0, 0.1) is 6.92 Å². The van der Waals surface area contributed by atoms with Crippen LogP contribution in [0.2, 0.25) is 0 Å². The van der Waals surface area contributed by atoms with Gasteiger partial charge in [-0.15, -0.1) is 0 Å². The van der Waals surface area contributed by atoms with Crippen molar-refractivity contribution in [2.24, 2.45) is 7.05 Å². The number of ether oxygens (including phenoxy) is 1. The minimum Gasteiger partial charge on any atom is -0.378 e. The molecule has 9 nitrogen and oxygen atoms in total. The van der Waals surface area contributed by atoms with E-state index in [0.717, 1.165) is 43.1 Å². The first-order valence-electron chi connectivity index (χ1n) is 9.67. The van der Waals surface area contributed by atoms with Crippen LogP contribution in [-0.2, 0) is 28.2 Å². The van der Waals surface area contributed by atoms with Gasteiger partial charge in [-0.1, -0.05) is 0 Å². The van der Waals surface area contributed by atoms with E-state index in [1.165, 1.54) is 0 Å². The number of rotatable bonds is 3. The molecule has 2 saturated heterocycles. The van der Waals surface area contributed by atoms with E-state index in [1.54, 1.807) is 29.2 Å². The lowest BCUT2D eigenvalue weighted by atomic mass is 10.0. The van der Waals surface area contributed by atoms with Crippen LogP contribution < -0.4 is 4.90 Å². The summed E-state index contributed by atoms with van der Waals surface area (Å²) >= 11 is 0. The van der Waals surface area contributed by atoms with Gasteiger partial charge in [-0.05, 0) is 19.8 Å². The predicted octanol–water partition coefficient (Wildman–Crippen LogP) is 0.806. The Morgan fingerprint density at radius 1 is 1.21 bits per heavy atom. The van der Waals surface area contributed by atoms with Crippen molar-refractivity contribution < 1.29 is 13.2 Å². The van der Waals surface area contributed by atoms with Crippen molar-refractivity contribution in [1.29, 1.82) is 0 Å². The third-order valence-corrected chi connectivity index (χ3v) is 8.00. The number of fused-ring (bicyclic) bond motifs is 4. The second-order valence-electron chi connectivity index (χ2n) is 7.71. The zero-order chi connectivity index (χ0) is 19.5.